The molecule has 1 aromatic heterocycles. The molecule has 5 heteroatoms. The molecular weight excluding hydrogens is 296 g/mol. The van der Waals surface area contributed by atoms with Crippen molar-refractivity contribution in [2.45, 2.75) is 33.1 Å². The van der Waals surface area contributed by atoms with E-state index in [9.17, 15) is 9.59 Å². The van der Waals surface area contributed by atoms with Gasteiger partial charge in [0.25, 0.3) is 5.91 Å². The standard InChI is InChI=1S/C17H20N2O2S/c1-3-5-14-11(4-2)10-15(22-14)17(21)19-13-8-6-12(7-9-13)16(18)20/h6-10H,3-5H2,1-2H3,(H2,18,20)(H,19,21). The Kier molecular flexibility index (Phi) is 5.33. The molecule has 0 unspecified atom stereocenters. The molecule has 0 radical (unpaired) electrons. The average Bonchev–Trinajstić information content (AvgIpc) is 2.91. The fourth-order valence-corrected chi connectivity index (χ4v) is 3.48. The summed E-state index contributed by atoms with van der Waals surface area (Å²) < 4.78 is 0. The lowest BCUT2D eigenvalue weighted by Crippen LogP contribution is -2.12. The molecule has 0 atom stereocenters. The number of nitrogens with one attached hydrogen (secondary N) is 1. The van der Waals surface area contributed by atoms with Gasteiger partial charge in [0.2, 0.25) is 5.91 Å². The van der Waals surface area contributed by atoms with Crippen LogP contribution in [0.4, 0.5) is 5.69 Å². The van der Waals surface area contributed by atoms with Crippen molar-refractivity contribution >= 4 is 28.8 Å². The van der Waals surface area contributed by atoms with E-state index >= 15 is 0 Å². The molecule has 1 aromatic carbocycles. The van der Waals surface area contributed by atoms with Gasteiger partial charge in [0.1, 0.15) is 0 Å². The number of rotatable bonds is 6. The van der Waals surface area contributed by atoms with Crippen molar-refractivity contribution in [2.75, 3.05) is 5.32 Å². The van der Waals surface area contributed by atoms with Crippen molar-refractivity contribution < 1.29 is 9.59 Å². The van der Waals surface area contributed by atoms with E-state index in [2.05, 4.69) is 19.2 Å². The number of amides is 2. The van der Waals surface area contributed by atoms with Crippen molar-refractivity contribution in [1.82, 2.24) is 0 Å². The maximum absolute atomic E-state index is 12.3. The summed E-state index contributed by atoms with van der Waals surface area (Å²) in [7, 11) is 0. The normalized spacial score (nSPS) is 10.5. The molecule has 0 aliphatic heterocycles. The van der Waals surface area contributed by atoms with Crippen LogP contribution in [0.5, 0.6) is 0 Å². The lowest BCUT2D eigenvalue weighted by Gasteiger charge is -2.04. The third kappa shape index (κ3) is 3.74. The minimum absolute atomic E-state index is 0.117. The van der Waals surface area contributed by atoms with Crippen molar-refractivity contribution in [3.8, 4) is 0 Å². The van der Waals surface area contributed by atoms with Gasteiger partial charge in [0.15, 0.2) is 0 Å². The number of hydrogen-bond donors (Lipinski definition) is 2. The minimum atomic E-state index is -0.479. The second-order valence-corrected chi connectivity index (χ2v) is 6.20. The highest BCUT2D eigenvalue weighted by atomic mass is 32.1. The zero-order chi connectivity index (χ0) is 16.1. The summed E-state index contributed by atoms with van der Waals surface area (Å²) >= 11 is 1.56. The highest BCUT2D eigenvalue weighted by Crippen LogP contribution is 2.25. The van der Waals surface area contributed by atoms with Crippen LogP contribution in [-0.4, -0.2) is 11.8 Å². The van der Waals surface area contributed by atoms with Crippen LogP contribution in [0.1, 0.15) is 50.7 Å². The summed E-state index contributed by atoms with van der Waals surface area (Å²) in [6, 6.07) is 8.54. The molecule has 0 saturated carbocycles. The summed E-state index contributed by atoms with van der Waals surface area (Å²) in [5.41, 5.74) is 7.52. The average molecular weight is 316 g/mol. The molecule has 3 N–H and O–H groups in total. The second kappa shape index (κ2) is 7.22. The predicted molar refractivity (Wildman–Crippen MR) is 90.6 cm³/mol. The molecule has 0 aliphatic carbocycles. The summed E-state index contributed by atoms with van der Waals surface area (Å²) in [5.74, 6) is -0.596. The van der Waals surface area contributed by atoms with Gasteiger partial charge in [-0.2, -0.15) is 0 Å². The molecule has 0 fully saturated rings. The molecule has 0 saturated heterocycles. The smallest absolute Gasteiger partial charge is 0.265 e. The number of carbonyl (C=O) groups is 2. The first kappa shape index (κ1) is 16.2. The first-order chi connectivity index (χ1) is 10.5. The number of hydrogen-bond acceptors (Lipinski definition) is 3. The Hall–Kier alpha value is -2.14. The van der Waals surface area contributed by atoms with E-state index in [1.165, 1.54) is 10.4 Å². The van der Waals surface area contributed by atoms with Gasteiger partial charge in [-0.05, 0) is 48.7 Å². The molecule has 0 aliphatic rings. The number of aryl methyl sites for hydroxylation is 2. The Morgan fingerprint density at radius 1 is 1.18 bits per heavy atom. The fraction of sp³-hybridized carbons (Fsp3) is 0.294. The lowest BCUT2D eigenvalue weighted by atomic mass is 10.1. The molecule has 1 heterocycles. The Balaban J connectivity index is 2.13. The Labute approximate surface area is 134 Å². The first-order valence-electron chi connectivity index (χ1n) is 7.38. The van der Waals surface area contributed by atoms with Crippen LogP contribution >= 0.6 is 11.3 Å². The van der Waals surface area contributed by atoms with Crippen LogP contribution in [0.15, 0.2) is 30.3 Å². The topological polar surface area (TPSA) is 72.2 Å². The van der Waals surface area contributed by atoms with Crippen molar-refractivity contribution in [3.05, 3.63) is 51.2 Å². The maximum Gasteiger partial charge on any atom is 0.265 e. The van der Waals surface area contributed by atoms with Gasteiger partial charge in [0, 0.05) is 16.1 Å². The van der Waals surface area contributed by atoms with Crippen LogP contribution < -0.4 is 11.1 Å². The molecule has 0 spiro atoms. The highest BCUT2D eigenvalue weighted by Gasteiger charge is 2.13. The summed E-state index contributed by atoms with van der Waals surface area (Å²) in [4.78, 5) is 25.4. The van der Waals surface area contributed by atoms with Gasteiger partial charge in [-0.15, -0.1) is 11.3 Å². The number of benzene rings is 1. The van der Waals surface area contributed by atoms with Gasteiger partial charge in [0.05, 0.1) is 4.88 Å². The fourth-order valence-electron chi connectivity index (χ4n) is 2.23. The van der Waals surface area contributed by atoms with Crippen LogP contribution in [0.2, 0.25) is 0 Å². The van der Waals surface area contributed by atoms with Crippen molar-refractivity contribution in [1.29, 1.82) is 0 Å². The van der Waals surface area contributed by atoms with Gasteiger partial charge in [-0.1, -0.05) is 20.3 Å². The molecule has 2 rings (SSSR count). The van der Waals surface area contributed by atoms with E-state index in [4.69, 9.17) is 5.73 Å². The van der Waals surface area contributed by atoms with E-state index in [1.807, 2.05) is 6.07 Å². The molecular formula is C17H20N2O2S. The second-order valence-electron chi connectivity index (χ2n) is 5.06. The molecule has 22 heavy (non-hydrogen) atoms. The van der Waals surface area contributed by atoms with E-state index in [1.54, 1.807) is 35.6 Å². The third-order valence-corrected chi connectivity index (χ3v) is 4.64. The van der Waals surface area contributed by atoms with Crippen LogP contribution in [0, 0.1) is 0 Å². The Morgan fingerprint density at radius 2 is 1.86 bits per heavy atom. The first-order valence-corrected chi connectivity index (χ1v) is 8.19. The molecule has 2 amide bonds. The van der Waals surface area contributed by atoms with Gasteiger partial charge < -0.3 is 11.1 Å². The predicted octanol–water partition coefficient (Wildman–Crippen LogP) is 3.61. The van der Waals surface area contributed by atoms with Crippen LogP contribution in [0.3, 0.4) is 0 Å². The summed E-state index contributed by atoms with van der Waals surface area (Å²) in [6.07, 6.45) is 3.02. The largest absolute Gasteiger partial charge is 0.366 e. The highest BCUT2D eigenvalue weighted by molar-refractivity contribution is 7.14. The number of thiophene rings is 1. The summed E-state index contributed by atoms with van der Waals surface area (Å²) in [6.45, 7) is 4.24. The van der Waals surface area contributed by atoms with Gasteiger partial charge in [-0.3, -0.25) is 9.59 Å². The number of nitrogens with two attached hydrogens (primary N) is 1. The molecule has 116 valence electrons. The van der Waals surface area contributed by atoms with Gasteiger partial charge in [-0.25, -0.2) is 0 Å². The monoisotopic (exact) mass is 316 g/mol. The van der Waals surface area contributed by atoms with Crippen molar-refractivity contribution in [2.24, 2.45) is 5.73 Å². The number of anilines is 1. The zero-order valence-corrected chi connectivity index (χ0v) is 13.6. The maximum atomic E-state index is 12.3. The van der Waals surface area contributed by atoms with Gasteiger partial charge >= 0.3 is 0 Å². The lowest BCUT2D eigenvalue weighted by molar-refractivity contribution is 0.0998. The van der Waals surface area contributed by atoms with Crippen LogP contribution in [-0.2, 0) is 12.8 Å². The minimum Gasteiger partial charge on any atom is -0.366 e. The Morgan fingerprint density at radius 3 is 2.41 bits per heavy atom. The summed E-state index contributed by atoms with van der Waals surface area (Å²) in [5, 5.41) is 2.85. The molecule has 2 aromatic rings. The molecule has 0 bridgehead atoms. The third-order valence-electron chi connectivity index (χ3n) is 3.41. The van der Waals surface area contributed by atoms with Crippen LogP contribution in [0.25, 0.3) is 0 Å². The number of carbonyl (C=O) groups excluding carboxylic acids is 2. The van der Waals surface area contributed by atoms with E-state index in [0.717, 1.165) is 24.1 Å². The van der Waals surface area contributed by atoms with Crippen molar-refractivity contribution in [3.63, 3.8) is 0 Å². The van der Waals surface area contributed by atoms with E-state index in [0.29, 0.717) is 11.3 Å². The Bertz CT molecular complexity index is 674. The zero-order valence-electron chi connectivity index (χ0n) is 12.8. The van der Waals surface area contributed by atoms with E-state index in [-0.39, 0.29) is 5.91 Å². The van der Waals surface area contributed by atoms with E-state index < -0.39 is 5.91 Å². The SMILES string of the molecule is CCCc1sc(C(=O)Nc2ccc(C(N)=O)cc2)cc1CC. The quantitative estimate of drug-likeness (QED) is 0.854. The molecule has 4 nitrogen and oxygen atoms in total. The number of primary amides is 1.